The van der Waals surface area contributed by atoms with Gasteiger partial charge in [0.05, 0.1) is 21.7 Å². The number of non-ortho nitro benzene ring substituents is 1. The van der Waals surface area contributed by atoms with Crippen LogP contribution in [0.25, 0.3) is 0 Å². The average molecular weight is 376 g/mol. The van der Waals surface area contributed by atoms with Crippen LogP contribution in [0, 0.1) is 10.1 Å². The number of nitro groups is 1. The molecular formula is C20H12N2O6. The molecule has 138 valence electrons. The van der Waals surface area contributed by atoms with E-state index in [9.17, 15) is 29.9 Å². The highest BCUT2D eigenvalue weighted by Crippen LogP contribution is 2.43. The van der Waals surface area contributed by atoms with Gasteiger partial charge in [0.2, 0.25) is 0 Å². The number of carbonyl (C=O) groups excluding carboxylic acids is 2. The number of carbonyl (C=O) groups is 2. The summed E-state index contributed by atoms with van der Waals surface area (Å²) in [4.78, 5) is 36.3. The number of benzene rings is 3. The molecule has 0 saturated carbocycles. The second-order valence-electron chi connectivity index (χ2n) is 6.18. The Morgan fingerprint density at radius 3 is 2.21 bits per heavy atom. The number of nitrogens with zero attached hydrogens (tertiary/aromatic N) is 1. The van der Waals surface area contributed by atoms with Gasteiger partial charge in [-0.1, -0.05) is 18.2 Å². The molecule has 0 atom stereocenters. The van der Waals surface area contributed by atoms with Gasteiger partial charge in [0.15, 0.2) is 23.1 Å². The lowest BCUT2D eigenvalue weighted by atomic mass is 9.82. The first-order chi connectivity index (χ1) is 13.4. The molecule has 0 aromatic heterocycles. The van der Waals surface area contributed by atoms with Crippen LogP contribution in [0.1, 0.15) is 31.8 Å². The van der Waals surface area contributed by atoms with E-state index in [1.54, 1.807) is 30.3 Å². The Kier molecular flexibility index (Phi) is 3.82. The number of rotatable bonds is 3. The number of anilines is 2. The van der Waals surface area contributed by atoms with Gasteiger partial charge < -0.3 is 15.5 Å². The van der Waals surface area contributed by atoms with Crippen molar-refractivity contribution >= 4 is 28.6 Å². The van der Waals surface area contributed by atoms with Crippen molar-refractivity contribution in [1.82, 2.24) is 0 Å². The van der Waals surface area contributed by atoms with Gasteiger partial charge in [0.25, 0.3) is 5.69 Å². The van der Waals surface area contributed by atoms with Gasteiger partial charge in [-0.3, -0.25) is 19.7 Å². The van der Waals surface area contributed by atoms with Crippen LogP contribution >= 0.6 is 0 Å². The molecule has 0 heterocycles. The summed E-state index contributed by atoms with van der Waals surface area (Å²) >= 11 is 0. The predicted molar refractivity (Wildman–Crippen MR) is 99.5 cm³/mol. The Bertz CT molecular complexity index is 1170. The van der Waals surface area contributed by atoms with Gasteiger partial charge in [-0.05, 0) is 18.2 Å². The maximum atomic E-state index is 13.1. The zero-order chi connectivity index (χ0) is 20.0. The van der Waals surface area contributed by atoms with Crippen LogP contribution in [-0.4, -0.2) is 26.7 Å². The number of fused-ring (bicyclic) bond motifs is 2. The Labute approximate surface area is 157 Å². The normalized spacial score (nSPS) is 12.3. The first-order valence-electron chi connectivity index (χ1n) is 8.17. The van der Waals surface area contributed by atoms with E-state index in [4.69, 9.17) is 0 Å². The second-order valence-corrected chi connectivity index (χ2v) is 6.18. The van der Waals surface area contributed by atoms with Crippen LogP contribution in [0.15, 0.2) is 54.6 Å². The molecule has 1 aliphatic rings. The molecule has 0 fully saturated rings. The summed E-state index contributed by atoms with van der Waals surface area (Å²) in [5.74, 6) is -2.71. The fourth-order valence-electron chi connectivity index (χ4n) is 3.19. The summed E-state index contributed by atoms with van der Waals surface area (Å²) in [5, 5.41) is 34.3. The van der Waals surface area contributed by atoms with Crippen molar-refractivity contribution < 1.29 is 24.7 Å². The number of para-hydroxylation sites is 1. The van der Waals surface area contributed by atoms with Crippen molar-refractivity contribution in [3.8, 4) is 11.5 Å². The molecule has 0 unspecified atom stereocenters. The van der Waals surface area contributed by atoms with Crippen LogP contribution in [0.4, 0.5) is 17.1 Å². The van der Waals surface area contributed by atoms with Crippen molar-refractivity contribution in [3.05, 3.63) is 87.0 Å². The molecule has 0 saturated heterocycles. The van der Waals surface area contributed by atoms with Gasteiger partial charge in [-0.25, -0.2) is 0 Å². The quantitative estimate of drug-likeness (QED) is 0.216. The largest absolute Gasteiger partial charge is 0.504 e. The monoisotopic (exact) mass is 376 g/mol. The first kappa shape index (κ1) is 17.2. The van der Waals surface area contributed by atoms with Crippen molar-refractivity contribution in [3.63, 3.8) is 0 Å². The van der Waals surface area contributed by atoms with Gasteiger partial charge >= 0.3 is 0 Å². The maximum absolute atomic E-state index is 13.1. The molecule has 28 heavy (non-hydrogen) atoms. The first-order valence-corrected chi connectivity index (χ1v) is 8.17. The molecule has 0 bridgehead atoms. The molecular weight excluding hydrogens is 364 g/mol. The zero-order valence-electron chi connectivity index (χ0n) is 14.2. The summed E-state index contributed by atoms with van der Waals surface area (Å²) in [7, 11) is 0. The van der Waals surface area contributed by atoms with E-state index in [1.807, 2.05) is 0 Å². The van der Waals surface area contributed by atoms with Gasteiger partial charge in [0, 0.05) is 35.0 Å². The molecule has 4 rings (SSSR count). The molecule has 8 heteroatoms. The summed E-state index contributed by atoms with van der Waals surface area (Å²) in [6.45, 7) is 0. The molecule has 0 radical (unpaired) electrons. The number of hydrogen-bond acceptors (Lipinski definition) is 7. The number of aromatic hydroxyl groups is 2. The minimum atomic E-state index is -0.780. The van der Waals surface area contributed by atoms with E-state index in [0.29, 0.717) is 5.69 Å². The minimum Gasteiger partial charge on any atom is -0.504 e. The lowest BCUT2D eigenvalue weighted by molar-refractivity contribution is -0.384. The Morgan fingerprint density at radius 1 is 0.857 bits per heavy atom. The van der Waals surface area contributed by atoms with Gasteiger partial charge in [-0.15, -0.1) is 0 Å². The average Bonchev–Trinajstić information content (AvgIpc) is 2.69. The highest BCUT2D eigenvalue weighted by molar-refractivity contribution is 6.31. The van der Waals surface area contributed by atoms with Crippen LogP contribution in [0.2, 0.25) is 0 Å². The fourth-order valence-corrected chi connectivity index (χ4v) is 3.19. The Hall–Kier alpha value is -4.20. The zero-order valence-corrected chi connectivity index (χ0v) is 14.2. The number of hydrogen-bond donors (Lipinski definition) is 3. The van der Waals surface area contributed by atoms with E-state index in [-0.39, 0.29) is 28.1 Å². The van der Waals surface area contributed by atoms with E-state index in [1.165, 1.54) is 6.07 Å². The third-order valence-corrected chi connectivity index (χ3v) is 4.49. The summed E-state index contributed by atoms with van der Waals surface area (Å²) in [6.07, 6.45) is 0. The predicted octanol–water partition coefficient (Wildman–Crippen LogP) is 3.53. The number of ketones is 2. The van der Waals surface area contributed by atoms with E-state index in [0.717, 1.165) is 18.2 Å². The van der Waals surface area contributed by atoms with E-state index < -0.39 is 33.6 Å². The van der Waals surface area contributed by atoms with Crippen molar-refractivity contribution in [2.24, 2.45) is 0 Å². The Balaban J connectivity index is 1.94. The SMILES string of the molecule is O=C1c2ccc([N+](=O)[O-])cc2C(=O)c2c(O)c(O)cc(Nc3ccccc3)c21. The fraction of sp³-hybridized carbons (Fsp3) is 0. The Morgan fingerprint density at radius 2 is 1.54 bits per heavy atom. The molecule has 1 aliphatic carbocycles. The molecule has 0 aliphatic heterocycles. The van der Waals surface area contributed by atoms with Crippen LogP contribution < -0.4 is 5.32 Å². The maximum Gasteiger partial charge on any atom is 0.270 e. The molecule has 0 amide bonds. The van der Waals surface area contributed by atoms with Crippen molar-refractivity contribution in [2.45, 2.75) is 0 Å². The summed E-state index contributed by atoms with van der Waals surface area (Å²) in [6, 6.07) is 13.3. The van der Waals surface area contributed by atoms with Crippen LogP contribution in [0.5, 0.6) is 11.5 Å². The number of phenolic OH excluding ortho intramolecular Hbond substituents is 2. The van der Waals surface area contributed by atoms with Crippen LogP contribution in [-0.2, 0) is 0 Å². The number of phenols is 2. The van der Waals surface area contributed by atoms with E-state index in [2.05, 4.69) is 5.32 Å². The molecule has 8 nitrogen and oxygen atoms in total. The highest BCUT2D eigenvalue weighted by Gasteiger charge is 2.36. The third-order valence-electron chi connectivity index (χ3n) is 4.49. The summed E-state index contributed by atoms with van der Waals surface area (Å²) < 4.78 is 0. The highest BCUT2D eigenvalue weighted by atomic mass is 16.6. The summed E-state index contributed by atoms with van der Waals surface area (Å²) in [5.41, 5.74) is -0.321. The lowest BCUT2D eigenvalue weighted by Crippen LogP contribution is -2.22. The van der Waals surface area contributed by atoms with Crippen molar-refractivity contribution in [2.75, 3.05) is 5.32 Å². The second kappa shape index (κ2) is 6.20. The van der Waals surface area contributed by atoms with Crippen LogP contribution in [0.3, 0.4) is 0 Å². The minimum absolute atomic E-state index is 0.00991. The molecule has 0 spiro atoms. The standard InChI is InChI=1S/C20H12N2O6/c23-15-9-14(21-10-4-2-1-3-5-10)16-17(20(15)26)19(25)13-8-11(22(27)28)6-7-12(13)18(16)24/h1-9,21,23,26H. The van der Waals surface area contributed by atoms with Gasteiger partial charge in [-0.2, -0.15) is 0 Å². The molecule has 3 aromatic rings. The topological polar surface area (TPSA) is 130 Å². The van der Waals surface area contributed by atoms with Crippen molar-refractivity contribution in [1.29, 1.82) is 0 Å². The number of nitrogens with one attached hydrogen (secondary N) is 1. The third kappa shape index (κ3) is 2.55. The number of nitro benzene ring substituents is 1. The molecule has 3 aromatic carbocycles. The molecule has 3 N–H and O–H groups in total. The lowest BCUT2D eigenvalue weighted by Gasteiger charge is -2.22. The van der Waals surface area contributed by atoms with E-state index >= 15 is 0 Å². The smallest absolute Gasteiger partial charge is 0.270 e. The van der Waals surface area contributed by atoms with Gasteiger partial charge in [0.1, 0.15) is 0 Å².